The number of rotatable bonds is 7. The first-order valence-corrected chi connectivity index (χ1v) is 28.7. The van der Waals surface area contributed by atoms with E-state index < -0.39 is 13.5 Å². The van der Waals surface area contributed by atoms with Crippen LogP contribution >= 0.6 is 11.8 Å². The average molecular weight is 989 g/mol. The van der Waals surface area contributed by atoms with Crippen molar-refractivity contribution < 1.29 is 0 Å². The van der Waals surface area contributed by atoms with E-state index in [1.807, 2.05) is 11.8 Å². The Morgan fingerprint density at radius 1 is 0.373 bits per heavy atom. The normalized spacial score (nSPS) is 13.8. The van der Waals surface area contributed by atoms with Gasteiger partial charge in [-0.2, -0.15) is 0 Å². The van der Waals surface area contributed by atoms with E-state index in [0.29, 0.717) is 0 Å². The number of benzene rings is 12. The molecule has 2 aliphatic rings. The molecule has 1 spiro atoms. The molecule has 2 nitrogen and oxygen atoms in total. The number of aromatic nitrogens is 1. The molecular weight excluding hydrogens is 941 g/mol. The Hall–Kier alpha value is -8.93. The van der Waals surface area contributed by atoms with Crippen LogP contribution in [-0.2, 0) is 5.41 Å². The van der Waals surface area contributed by atoms with Crippen molar-refractivity contribution >= 4 is 90.2 Å². The van der Waals surface area contributed by atoms with Crippen molar-refractivity contribution in [1.82, 2.24) is 4.57 Å². The van der Waals surface area contributed by atoms with Crippen molar-refractivity contribution in [3.8, 4) is 16.8 Å². The van der Waals surface area contributed by atoms with Gasteiger partial charge in [-0.1, -0.05) is 236 Å². The maximum Gasteiger partial charge on any atom is 0.180 e. The largest absolute Gasteiger partial charge is 0.310 e. The number of hydrogen-bond acceptors (Lipinski definition) is 2. The van der Waals surface area contributed by atoms with E-state index >= 15 is 0 Å². The SMILES string of the molecule is c1ccc(-n2c3ccccc3c3c(-c4ccc(N(c5ccc6c(c5)C5(c7ccccc7Sc7ccccc75)c5ccccc5[Si]6(c5ccccc5)c5ccccc5)c5cccc6ccccc56)cc4)cccc32)cc1. The second-order valence-electron chi connectivity index (χ2n) is 19.9. The molecular formula is C71H48N2SSi. The van der Waals surface area contributed by atoms with Crippen LogP contribution in [-0.4, -0.2) is 12.6 Å². The fourth-order valence-corrected chi connectivity index (χ4v) is 19.7. The molecule has 1 aromatic heterocycles. The van der Waals surface area contributed by atoms with Crippen molar-refractivity contribution in [3.63, 3.8) is 0 Å². The second kappa shape index (κ2) is 17.4. The molecule has 12 aromatic carbocycles. The molecule has 0 amide bonds. The molecule has 0 saturated heterocycles. The summed E-state index contributed by atoms with van der Waals surface area (Å²) in [6.07, 6.45) is 0. The Balaban J connectivity index is 1.01. The zero-order valence-corrected chi connectivity index (χ0v) is 42.8. The van der Waals surface area contributed by atoms with E-state index in [9.17, 15) is 0 Å². The number of fused-ring (bicyclic) bond motifs is 12. The van der Waals surface area contributed by atoms with Crippen molar-refractivity contribution in [2.24, 2.45) is 0 Å². The highest BCUT2D eigenvalue weighted by Gasteiger charge is 2.57. The third-order valence-corrected chi connectivity index (χ3v) is 22.2. The van der Waals surface area contributed by atoms with Crippen LogP contribution in [0, 0.1) is 0 Å². The summed E-state index contributed by atoms with van der Waals surface area (Å²) in [6.45, 7) is 0. The topological polar surface area (TPSA) is 8.17 Å². The first-order chi connectivity index (χ1) is 37.2. The summed E-state index contributed by atoms with van der Waals surface area (Å²) in [4.78, 5) is 5.10. The van der Waals surface area contributed by atoms with Gasteiger partial charge in [-0.3, -0.25) is 0 Å². The summed E-state index contributed by atoms with van der Waals surface area (Å²) in [7, 11) is -3.02. The first kappa shape index (κ1) is 43.6. The number of para-hydroxylation sites is 2. The summed E-state index contributed by atoms with van der Waals surface area (Å²) < 4.78 is 2.40. The summed E-state index contributed by atoms with van der Waals surface area (Å²) >= 11 is 1.90. The van der Waals surface area contributed by atoms with E-state index in [-0.39, 0.29) is 0 Å². The van der Waals surface area contributed by atoms with Gasteiger partial charge in [0.25, 0.3) is 0 Å². The lowest BCUT2D eigenvalue weighted by atomic mass is 9.64. The molecule has 352 valence electrons. The number of nitrogens with zero attached hydrogens (tertiary/aromatic N) is 2. The van der Waals surface area contributed by atoms with Crippen LogP contribution in [0.5, 0.6) is 0 Å². The monoisotopic (exact) mass is 988 g/mol. The molecule has 0 radical (unpaired) electrons. The van der Waals surface area contributed by atoms with Crippen LogP contribution in [0.3, 0.4) is 0 Å². The van der Waals surface area contributed by atoms with Crippen LogP contribution < -0.4 is 25.6 Å². The summed E-state index contributed by atoms with van der Waals surface area (Å²) in [5.41, 5.74) is 14.0. The van der Waals surface area contributed by atoms with Gasteiger partial charge in [0, 0.05) is 43.0 Å². The first-order valence-electron chi connectivity index (χ1n) is 25.9. The molecule has 75 heavy (non-hydrogen) atoms. The van der Waals surface area contributed by atoms with Gasteiger partial charge in [0.1, 0.15) is 0 Å². The molecule has 0 saturated carbocycles. The van der Waals surface area contributed by atoms with Gasteiger partial charge in [0.2, 0.25) is 0 Å². The molecule has 0 N–H and O–H groups in total. The van der Waals surface area contributed by atoms with Gasteiger partial charge < -0.3 is 9.47 Å². The fourth-order valence-electron chi connectivity index (χ4n) is 13.2. The summed E-state index contributed by atoms with van der Waals surface area (Å²) in [5.74, 6) is 0. The Kier molecular flexibility index (Phi) is 10.1. The van der Waals surface area contributed by atoms with Gasteiger partial charge in [0.15, 0.2) is 8.07 Å². The van der Waals surface area contributed by atoms with E-state index in [0.717, 1.165) is 22.7 Å². The average Bonchev–Trinajstić information content (AvgIpc) is 4.01. The minimum Gasteiger partial charge on any atom is -0.310 e. The van der Waals surface area contributed by atoms with E-state index in [2.05, 4.69) is 301 Å². The van der Waals surface area contributed by atoms with E-state index in [4.69, 9.17) is 0 Å². The molecule has 0 unspecified atom stereocenters. The quantitative estimate of drug-likeness (QED) is 0.147. The van der Waals surface area contributed by atoms with Crippen molar-refractivity contribution in [2.45, 2.75) is 15.2 Å². The minimum atomic E-state index is -3.02. The zero-order chi connectivity index (χ0) is 49.5. The summed E-state index contributed by atoms with van der Waals surface area (Å²) in [6, 6.07) is 110. The van der Waals surface area contributed by atoms with Crippen molar-refractivity contribution in [2.75, 3.05) is 4.90 Å². The maximum atomic E-state index is 2.59. The highest BCUT2D eigenvalue weighted by molar-refractivity contribution is 7.99. The van der Waals surface area contributed by atoms with Gasteiger partial charge in [-0.05, 0) is 126 Å². The van der Waals surface area contributed by atoms with Crippen LogP contribution in [0.4, 0.5) is 17.1 Å². The Labute approximate surface area is 442 Å². The molecule has 0 fully saturated rings. The molecule has 13 aromatic rings. The van der Waals surface area contributed by atoms with Crippen LogP contribution in [0.1, 0.15) is 22.3 Å². The summed E-state index contributed by atoms with van der Waals surface area (Å²) in [5, 5.41) is 10.5. The highest BCUT2D eigenvalue weighted by atomic mass is 32.2. The Morgan fingerprint density at radius 2 is 0.907 bits per heavy atom. The molecule has 2 aliphatic heterocycles. The number of anilines is 3. The standard InChI is InChI=1S/C71H48N2SSi/c1-4-24-51(25-5-1)73-64-36-16-12-31-58(64)70-57(32-21-38-65(70)73)50-42-44-52(45-43-50)72(63-37-20-23-49-22-10-11-30-56(49)63)53-46-47-69-62(48-53)71(59-33-13-17-39-66(59)74-67-40-18-14-34-60(67)71)61-35-15-19-41-68(61)75(69,54-26-6-2-7-27-54)55-28-8-3-9-29-55/h1-48H. The molecule has 4 heteroatoms. The smallest absolute Gasteiger partial charge is 0.180 e. The van der Waals surface area contributed by atoms with Gasteiger partial charge in [-0.15, -0.1) is 0 Å². The lowest BCUT2D eigenvalue weighted by Gasteiger charge is -2.52. The van der Waals surface area contributed by atoms with Gasteiger partial charge in [0.05, 0.1) is 22.1 Å². The maximum absolute atomic E-state index is 3.02. The van der Waals surface area contributed by atoms with Crippen LogP contribution in [0.25, 0.3) is 49.4 Å². The lowest BCUT2D eigenvalue weighted by Crippen LogP contribution is -2.79. The molecule has 3 heterocycles. The second-order valence-corrected chi connectivity index (χ2v) is 24.7. The fraction of sp³-hybridized carbons (Fsp3) is 0.0141. The molecule has 0 bridgehead atoms. The van der Waals surface area contributed by atoms with Gasteiger partial charge >= 0.3 is 0 Å². The zero-order valence-electron chi connectivity index (χ0n) is 41.0. The molecule has 0 aliphatic carbocycles. The number of hydrogen-bond donors (Lipinski definition) is 0. The predicted octanol–water partition coefficient (Wildman–Crippen LogP) is 15.6. The molecule has 15 rings (SSSR count). The highest BCUT2D eigenvalue weighted by Crippen LogP contribution is 2.57. The van der Waals surface area contributed by atoms with Crippen LogP contribution in [0.2, 0.25) is 0 Å². The van der Waals surface area contributed by atoms with Crippen LogP contribution in [0.15, 0.2) is 301 Å². The third-order valence-electron chi connectivity index (χ3n) is 16.2. The Bertz CT molecular complexity index is 4250. The van der Waals surface area contributed by atoms with E-state index in [1.165, 1.54) is 96.5 Å². The minimum absolute atomic E-state index is 0.633. The van der Waals surface area contributed by atoms with E-state index in [1.54, 1.807) is 0 Å². The lowest BCUT2D eigenvalue weighted by molar-refractivity contribution is 0.707. The van der Waals surface area contributed by atoms with Crippen molar-refractivity contribution in [1.29, 1.82) is 0 Å². The predicted molar refractivity (Wildman–Crippen MR) is 318 cm³/mol. The van der Waals surface area contributed by atoms with Gasteiger partial charge in [-0.25, -0.2) is 0 Å². The Morgan fingerprint density at radius 3 is 1.63 bits per heavy atom. The molecule has 0 atom stereocenters. The van der Waals surface area contributed by atoms with Crippen molar-refractivity contribution in [3.05, 3.63) is 313 Å². The third kappa shape index (κ3) is 6.40.